The number of anilines is 1. The van der Waals surface area contributed by atoms with Crippen LogP contribution in [0.4, 0.5) is 10.5 Å². The molecule has 1 fully saturated rings. The Labute approximate surface area is 148 Å². The fraction of sp³-hybridized carbons (Fsp3) is 0.556. The monoisotopic (exact) mass is 349 g/mol. The largest absolute Gasteiger partial charge is 0.493 e. The zero-order valence-corrected chi connectivity index (χ0v) is 15.3. The lowest BCUT2D eigenvalue weighted by Crippen LogP contribution is -2.43. The minimum absolute atomic E-state index is 0.0281. The van der Waals surface area contributed by atoms with E-state index in [0.717, 1.165) is 12.1 Å². The van der Waals surface area contributed by atoms with Crippen molar-refractivity contribution in [2.45, 2.75) is 32.7 Å². The minimum atomic E-state index is -0.229. The summed E-state index contributed by atoms with van der Waals surface area (Å²) in [6.45, 7) is 5.28. The Morgan fingerprint density at radius 3 is 2.64 bits per heavy atom. The first-order valence-corrected chi connectivity index (χ1v) is 8.51. The smallest absolute Gasteiger partial charge is 0.315 e. The van der Waals surface area contributed by atoms with Crippen molar-refractivity contribution in [3.8, 4) is 11.5 Å². The molecule has 1 aromatic rings. The van der Waals surface area contributed by atoms with Gasteiger partial charge in [0.25, 0.3) is 0 Å². The molecule has 2 rings (SSSR count). The zero-order valence-electron chi connectivity index (χ0n) is 15.3. The third-order valence-corrected chi connectivity index (χ3v) is 4.15. The Bertz CT molecular complexity index is 618. The molecule has 138 valence electrons. The maximum absolute atomic E-state index is 12.3. The molecule has 1 aromatic carbocycles. The van der Waals surface area contributed by atoms with E-state index in [-0.39, 0.29) is 24.4 Å². The van der Waals surface area contributed by atoms with E-state index in [9.17, 15) is 9.59 Å². The van der Waals surface area contributed by atoms with E-state index in [0.29, 0.717) is 30.5 Å². The summed E-state index contributed by atoms with van der Waals surface area (Å²) in [6, 6.07) is 4.90. The number of rotatable bonds is 7. The van der Waals surface area contributed by atoms with Gasteiger partial charge in [-0.15, -0.1) is 0 Å². The highest BCUT2D eigenvalue weighted by Crippen LogP contribution is 2.33. The summed E-state index contributed by atoms with van der Waals surface area (Å²) in [5.41, 5.74) is 0.729. The molecule has 1 aliphatic rings. The van der Waals surface area contributed by atoms with E-state index < -0.39 is 0 Å². The topological polar surface area (TPSA) is 79.9 Å². The fourth-order valence-electron chi connectivity index (χ4n) is 2.76. The van der Waals surface area contributed by atoms with E-state index in [1.807, 2.05) is 6.07 Å². The molecule has 0 spiro atoms. The number of hydrogen-bond donors (Lipinski definition) is 2. The quantitative estimate of drug-likeness (QED) is 0.790. The molecule has 0 aliphatic carbocycles. The maximum Gasteiger partial charge on any atom is 0.315 e. The van der Waals surface area contributed by atoms with Crippen molar-refractivity contribution in [3.63, 3.8) is 0 Å². The average Bonchev–Trinajstić information content (AvgIpc) is 2.94. The molecule has 3 amide bonds. The molecule has 0 bridgehead atoms. The number of carbonyl (C=O) groups excluding carboxylic acids is 2. The first-order valence-electron chi connectivity index (χ1n) is 8.51. The average molecular weight is 349 g/mol. The molecular weight excluding hydrogens is 322 g/mol. The standard InChI is InChI=1S/C18H27N3O4/c1-12(2)7-8-19-18(23)20-13-9-17(22)21(11-13)14-5-6-15(24-3)16(10-14)25-4/h5-6,10,12-13H,7-9,11H2,1-4H3,(H2,19,20,23)/t13-/m0/s1. The molecule has 0 saturated carbocycles. The Kier molecular flexibility index (Phi) is 6.50. The molecule has 1 saturated heterocycles. The lowest BCUT2D eigenvalue weighted by atomic mass is 10.1. The molecule has 7 heteroatoms. The summed E-state index contributed by atoms with van der Waals surface area (Å²) in [5.74, 6) is 1.68. The molecule has 0 aromatic heterocycles. The fourth-order valence-corrected chi connectivity index (χ4v) is 2.76. The molecule has 25 heavy (non-hydrogen) atoms. The van der Waals surface area contributed by atoms with Gasteiger partial charge in [-0.2, -0.15) is 0 Å². The number of nitrogens with zero attached hydrogens (tertiary/aromatic N) is 1. The summed E-state index contributed by atoms with van der Waals surface area (Å²) in [7, 11) is 3.12. The van der Waals surface area contributed by atoms with E-state index in [1.54, 1.807) is 31.3 Å². The highest BCUT2D eigenvalue weighted by atomic mass is 16.5. The van der Waals surface area contributed by atoms with Crippen LogP contribution in [0.1, 0.15) is 26.7 Å². The first kappa shape index (κ1) is 18.9. The van der Waals surface area contributed by atoms with Crippen molar-refractivity contribution in [1.82, 2.24) is 10.6 Å². The zero-order chi connectivity index (χ0) is 18.4. The van der Waals surface area contributed by atoms with E-state index in [1.165, 1.54) is 0 Å². The second-order valence-corrected chi connectivity index (χ2v) is 6.53. The van der Waals surface area contributed by atoms with Gasteiger partial charge in [-0.1, -0.05) is 13.8 Å². The van der Waals surface area contributed by atoms with Gasteiger partial charge in [0, 0.05) is 31.3 Å². The third-order valence-electron chi connectivity index (χ3n) is 4.15. The van der Waals surface area contributed by atoms with Gasteiger partial charge in [-0.25, -0.2) is 4.79 Å². The molecule has 1 aliphatic heterocycles. The van der Waals surface area contributed by atoms with Crippen molar-refractivity contribution < 1.29 is 19.1 Å². The Morgan fingerprint density at radius 1 is 1.28 bits per heavy atom. The second-order valence-electron chi connectivity index (χ2n) is 6.53. The van der Waals surface area contributed by atoms with Gasteiger partial charge in [0.1, 0.15) is 0 Å². The number of urea groups is 1. The summed E-state index contributed by atoms with van der Waals surface area (Å²) in [6.07, 6.45) is 1.21. The van der Waals surface area contributed by atoms with Crippen LogP contribution in [0.5, 0.6) is 11.5 Å². The van der Waals surface area contributed by atoms with Crippen LogP contribution in [0, 0.1) is 5.92 Å². The predicted octanol–water partition coefficient (Wildman–Crippen LogP) is 2.15. The van der Waals surface area contributed by atoms with Gasteiger partial charge < -0.3 is 25.0 Å². The molecule has 1 heterocycles. The van der Waals surface area contributed by atoms with Crippen LogP contribution >= 0.6 is 0 Å². The number of methoxy groups -OCH3 is 2. The summed E-state index contributed by atoms with van der Waals surface area (Å²) in [4.78, 5) is 25.9. The van der Waals surface area contributed by atoms with Gasteiger partial charge >= 0.3 is 6.03 Å². The third kappa shape index (κ3) is 5.01. The van der Waals surface area contributed by atoms with E-state index in [2.05, 4.69) is 24.5 Å². The van der Waals surface area contributed by atoms with Crippen LogP contribution in [0.15, 0.2) is 18.2 Å². The van der Waals surface area contributed by atoms with Crippen molar-refractivity contribution in [2.24, 2.45) is 5.92 Å². The van der Waals surface area contributed by atoms with Gasteiger partial charge in [0.15, 0.2) is 11.5 Å². The molecule has 2 N–H and O–H groups in total. The number of nitrogens with one attached hydrogen (secondary N) is 2. The van der Waals surface area contributed by atoms with Crippen LogP contribution in [-0.4, -0.2) is 45.3 Å². The lowest BCUT2D eigenvalue weighted by Gasteiger charge is -2.19. The molecule has 0 unspecified atom stereocenters. The highest BCUT2D eigenvalue weighted by molar-refractivity contribution is 5.97. The first-order chi connectivity index (χ1) is 11.9. The number of benzene rings is 1. The normalized spacial score (nSPS) is 16.9. The Morgan fingerprint density at radius 2 is 2.00 bits per heavy atom. The van der Waals surface area contributed by atoms with Crippen LogP contribution in [0.2, 0.25) is 0 Å². The van der Waals surface area contributed by atoms with E-state index >= 15 is 0 Å². The van der Waals surface area contributed by atoms with Crippen LogP contribution in [0.25, 0.3) is 0 Å². The highest BCUT2D eigenvalue weighted by Gasteiger charge is 2.32. The van der Waals surface area contributed by atoms with Gasteiger partial charge in [-0.05, 0) is 24.5 Å². The van der Waals surface area contributed by atoms with Crippen molar-refractivity contribution in [3.05, 3.63) is 18.2 Å². The Hall–Kier alpha value is -2.44. The number of carbonyl (C=O) groups is 2. The number of hydrogen-bond acceptors (Lipinski definition) is 4. The van der Waals surface area contributed by atoms with Crippen LogP contribution in [-0.2, 0) is 4.79 Å². The molecular formula is C18H27N3O4. The van der Waals surface area contributed by atoms with Gasteiger partial charge in [0.2, 0.25) is 5.91 Å². The van der Waals surface area contributed by atoms with Gasteiger partial charge in [0.05, 0.1) is 20.3 Å². The summed E-state index contributed by atoms with van der Waals surface area (Å²) in [5, 5.41) is 5.69. The maximum atomic E-state index is 12.3. The summed E-state index contributed by atoms with van der Waals surface area (Å²) < 4.78 is 10.5. The second kappa shape index (κ2) is 8.60. The van der Waals surface area contributed by atoms with Crippen LogP contribution in [0.3, 0.4) is 0 Å². The van der Waals surface area contributed by atoms with Gasteiger partial charge in [-0.3, -0.25) is 4.79 Å². The molecule has 0 radical (unpaired) electrons. The van der Waals surface area contributed by atoms with Crippen molar-refractivity contribution >= 4 is 17.6 Å². The van der Waals surface area contributed by atoms with Crippen molar-refractivity contribution in [1.29, 1.82) is 0 Å². The summed E-state index contributed by atoms with van der Waals surface area (Å²) >= 11 is 0. The van der Waals surface area contributed by atoms with E-state index in [4.69, 9.17) is 9.47 Å². The SMILES string of the molecule is COc1ccc(N2C[C@@H](NC(=O)NCCC(C)C)CC2=O)cc1OC. The van der Waals surface area contributed by atoms with Crippen LogP contribution < -0.4 is 25.0 Å². The number of ether oxygens (including phenoxy) is 2. The molecule has 7 nitrogen and oxygen atoms in total. The lowest BCUT2D eigenvalue weighted by molar-refractivity contribution is -0.117. The van der Waals surface area contributed by atoms with Crippen molar-refractivity contribution in [2.75, 3.05) is 32.2 Å². The molecule has 1 atom stereocenters. The Balaban J connectivity index is 1.95. The predicted molar refractivity (Wildman–Crippen MR) is 96.3 cm³/mol. The minimum Gasteiger partial charge on any atom is -0.493 e. The number of amides is 3.